The van der Waals surface area contributed by atoms with Crippen LogP contribution in [-0.2, 0) is 4.65 Å². The summed E-state index contributed by atoms with van der Waals surface area (Å²) >= 11 is 1.47. The largest absolute Gasteiger partial charge is 0.798 e. The van der Waals surface area contributed by atoms with Crippen LogP contribution in [0.25, 0.3) is 0 Å². The van der Waals surface area contributed by atoms with Crippen molar-refractivity contribution in [2.75, 3.05) is 0 Å². The number of thiophene rings is 1. The predicted molar refractivity (Wildman–Crippen MR) is 57.2 cm³/mol. The molecule has 0 amide bonds. The van der Waals surface area contributed by atoms with Gasteiger partial charge in [-0.15, -0.1) is 16.4 Å². The van der Waals surface area contributed by atoms with Crippen LogP contribution in [-0.4, -0.2) is 19.2 Å². The highest BCUT2D eigenvalue weighted by atomic mass is 32.1. The molecule has 0 aromatic carbocycles. The zero-order valence-corrected chi connectivity index (χ0v) is 8.67. The molecule has 0 bridgehead atoms. The Morgan fingerprint density at radius 2 is 2.27 bits per heavy atom. The molecule has 1 rings (SSSR count). The van der Waals surface area contributed by atoms with Gasteiger partial charge in [-0.2, -0.15) is 0 Å². The van der Waals surface area contributed by atoms with Gasteiger partial charge in [-0.3, -0.25) is 0 Å². The van der Waals surface area contributed by atoms with Gasteiger partial charge in [-0.1, -0.05) is 11.2 Å². The second-order valence-electron chi connectivity index (χ2n) is 2.48. The highest BCUT2D eigenvalue weighted by molar-refractivity contribution is 7.12. The molecule has 0 saturated heterocycles. The Labute approximate surface area is 89.7 Å². The van der Waals surface area contributed by atoms with E-state index in [0.29, 0.717) is 5.71 Å². The molecule has 4 nitrogen and oxygen atoms in total. The molecule has 1 heterocycles. The normalized spacial score (nSPS) is 12.7. The van der Waals surface area contributed by atoms with Gasteiger partial charge in [0, 0.05) is 0 Å². The van der Waals surface area contributed by atoms with Gasteiger partial charge in [0.15, 0.2) is 0 Å². The Kier molecular flexibility index (Phi) is 4.23. The number of nitrogens with two attached hydrogens (primary N) is 1. The van der Waals surface area contributed by atoms with E-state index < -0.39 is 13.5 Å². The molecule has 1 aromatic heterocycles. The van der Waals surface area contributed by atoms with Gasteiger partial charge < -0.3 is 10.4 Å². The molecule has 1 aromatic rings. The zero-order valence-electron chi connectivity index (χ0n) is 7.85. The van der Waals surface area contributed by atoms with E-state index in [2.05, 4.69) is 14.9 Å². The predicted octanol–water partition coefficient (Wildman–Crippen LogP) is 1.73. The first-order valence-electron chi connectivity index (χ1n) is 3.96. The van der Waals surface area contributed by atoms with Gasteiger partial charge in [0.2, 0.25) is 0 Å². The van der Waals surface area contributed by atoms with Gasteiger partial charge in [0.05, 0.1) is 10.6 Å². The third kappa shape index (κ3) is 4.07. The maximum atomic E-state index is 11.7. The van der Waals surface area contributed by atoms with Crippen LogP contribution in [0.5, 0.6) is 0 Å². The first-order valence-corrected chi connectivity index (χ1v) is 4.84. The van der Waals surface area contributed by atoms with E-state index in [-0.39, 0.29) is 0 Å². The van der Waals surface area contributed by atoms with Crippen LogP contribution >= 0.6 is 11.3 Å². The number of halogens is 2. The molecule has 0 saturated carbocycles. The second-order valence-corrected chi connectivity index (χ2v) is 3.43. The third-order valence-corrected chi connectivity index (χ3v) is 2.36. The Bertz CT molecular complexity index is 366. The molecule has 0 atom stereocenters. The molecular weight excluding hydrogens is 223 g/mol. The lowest BCUT2D eigenvalue weighted by molar-refractivity contribution is 0.413. The summed E-state index contributed by atoms with van der Waals surface area (Å²) in [4.78, 5) is 0.892. The Morgan fingerprint density at radius 3 is 2.80 bits per heavy atom. The van der Waals surface area contributed by atoms with Crippen molar-refractivity contribution in [2.24, 2.45) is 15.9 Å². The van der Waals surface area contributed by atoms with Crippen molar-refractivity contribution in [3.8, 4) is 0 Å². The highest BCUT2D eigenvalue weighted by Crippen LogP contribution is 2.09. The molecule has 0 radical (unpaired) electrons. The lowest BCUT2D eigenvalue weighted by atomic mass is 10.3. The maximum Gasteiger partial charge on any atom is 0.798 e. The Morgan fingerprint density at radius 1 is 1.53 bits per heavy atom. The summed E-state index contributed by atoms with van der Waals surface area (Å²) in [5.74, 6) is 0. The molecular formula is C7H8BF2N3OS. The molecule has 2 N–H and O–H groups in total. The topological polar surface area (TPSA) is 60.0 Å². The molecule has 15 heavy (non-hydrogen) atoms. The summed E-state index contributed by atoms with van der Waals surface area (Å²) in [7, 11) is -2.98. The number of nitrogens with zero attached hydrogens (tertiary/aromatic N) is 2. The maximum absolute atomic E-state index is 11.7. The first-order chi connectivity index (χ1) is 7.09. The van der Waals surface area contributed by atoms with E-state index in [1.807, 2.05) is 17.5 Å². The highest BCUT2D eigenvalue weighted by Gasteiger charge is 2.18. The number of hydrogen-bond acceptors (Lipinski definition) is 4. The summed E-state index contributed by atoms with van der Waals surface area (Å²) in [5.41, 5.74) is 5.61. The summed E-state index contributed by atoms with van der Waals surface area (Å²) in [5, 5.41) is 8.83. The smallest absolute Gasteiger partial charge is 0.477 e. The SMILES string of the molecule is C/C(=N\N=C(\N)OB(F)F)c1cccs1. The Balaban J connectivity index is 2.64. The van der Waals surface area contributed by atoms with Crippen LogP contribution in [0.2, 0.25) is 0 Å². The fourth-order valence-corrected chi connectivity index (χ4v) is 1.45. The van der Waals surface area contributed by atoms with E-state index in [1.54, 1.807) is 6.92 Å². The van der Waals surface area contributed by atoms with Crippen LogP contribution < -0.4 is 5.73 Å². The van der Waals surface area contributed by atoms with Crippen molar-refractivity contribution in [1.82, 2.24) is 0 Å². The summed E-state index contributed by atoms with van der Waals surface area (Å²) in [6, 6.07) is 3.03. The molecule has 0 spiro atoms. The van der Waals surface area contributed by atoms with Crippen LogP contribution in [0.15, 0.2) is 27.7 Å². The number of hydrogen-bond donors (Lipinski definition) is 1. The summed E-state index contributed by atoms with van der Waals surface area (Å²) in [6.45, 7) is 1.70. The molecule has 8 heteroatoms. The fraction of sp³-hybridized carbons (Fsp3) is 0.143. The van der Waals surface area contributed by atoms with Gasteiger partial charge >= 0.3 is 7.47 Å². The fourth-order valence-electron chi connectivity index (χ4n) is 0.773. The van der Waals surface area contributed by atoms with Gasteiger partial charge in [0.1, 0.15) is 0 Å². The van der Waals surface area contributed by atoms with Gasteiger partial charge in [-0.05, 0) is 18.4 Å². The van der Waals surface area contributed by atoms with Crippen molar-refractivity contribution in [2.45, 2.75) is 6.92 Å². The van der Waals surface area contributed by atoms with Crippen molar-refractivity contribution in [3.63, 3.8) is 0 Å². The standard InChI is InChI=1S/C7H8BF2N3OS/c1-5(6-3-2-4-15-6)12-13-7(11)14-8(9)10/h2-4H,1H3,(H2,11,13)/b12-5+. The summed E-state index contributed by atoms with van der Waals surface area (Å²) < 4.78 is 27.1. The van der Waals surface area contributed by atoms with Crippen LogP contribution in [0, 0.1) is 0 Å². The number of amidine groups is 1. The molecule has 0 aliphatic rings. The van der Waals surface area contributed by atoms with Crippen LogP contribution in [0.1, 0.15) is 11.8 Å². The minimum Gasteiger partial charge on any atom is -0.477 e. The van der Waals surface area contributed by atoms with Crippen LogP contribution in [0.3, 0.4) is 0 Å². The van der Waals surface area contributed by atoms with E-state index in [4.69, 9.17) is 5.73 Å². The van der Waals surface area contributed by atoms with E-state index >= 15 is 0 Å². The minimum atomic E-state index is -2.98. The average molecular weight is 231 g/mol. The van der Waals surface area contributed by atoms with Crippen molar-refractivity contribution in [3.05, 3.63) is 22.4 Å². The molecule has 80 valence electrons. The lowest BCUT2D eigenvalue weighted by Gasteiger charge is -1.97. The minimum absolute atomic E-state index is 0.589. The average Bonchev–Trinajstić information content (AvgIpc) is 2.65. The first kappa shape index (κ1) is 11.6. The Hall–Kier alpha value is -1.44. The molecule has 0 aliphatic carbocycles. The second kappa shape index (κ2) is 5.45. The van der Waals surface area contributed by atoms with E-state index in [0.717, 1.165) is 4.88 Å². The van der Waals surface area contributed by atoms with Gasteiger partial charge in [0.25, 0.3) is 6.02 Å². The van der Waals surface area contributed by atoms with E-state index in [1.165, 1.54) is 11.3 Å². The van der Waals surface area contributed by atoms with Crippen molar-refractivity contribution in [1.29, 1.82) is 0 Å². The van der Waals surface area contributed by atoms with Crippen LogP contribution in [0.4, 0.5) is 8.63 Å². The monoisotopic (exact) mass is 231 g/mol. The third-order valence-electron chi connectivity index (χ3n) is 1.39. The number of rotatable bonds is 3. The van der Waals surface area contributed by atoms with Crippen molar-refractivity contribution >= 4 is 30.5 Å². The van der Waals surface area contributed by atoms with Crippen molar-refractivity contribution < 1.29 is 13.3 Å². The zero-order chi connectivity index (χ0) is 11.3. The molecule has 0 fully saturated rings. The van der Waals surface area contributed by atoms with Gasteiger partial charge in [-0.25, -0.2) is 8.63 Å². The molecule has 0 unspecified atom stereocenters. The lowest BCUT2D eigenvalue weighted by Crippen LogP contribution is -2.21. The van der Waals surface area contributed by atoms with E-state index in [9.17, 15) is 8.63 Å². The quantitative estimate of drug-likeness (QED) is 0.372. The molecule has 0 aliphatic heterocycles. The summed E-state index contributed by atoms with van der Waals surface area (Å²) in [6.07, 6.45) is 0.